The Labute approximate surface area is 132 Å². The Balaban J connectivity index is 1.98. The fraction of sp³-hybridized carbons (Fsp3) is 0.154. The Bertz CT molecular complexity index is 950. The van der Waals surface area contributed by atoms with E-state index in [9.17, 15) is 8.42 Å². The molecule has 0 fully saturated rings. The molecule has 0 spiro atoms. The van der Waals surface area contributed by atoms with Crippen LogP contribution in [0.2, 0.25) is 5.15 Å². The first kappa shape index (κ1) is 14.7. The number of halogens is 1. The van der Waals surface area contributed by atoms with Gasteiger partial charge in [0.25, 0.3) is 10.0 Å². The Morgan fingerprint density at radius 3 is 2.68 bits per heavy atom. The topological polar surface area (TPSA) is 89.8 Å². The van der Waals surface area contributed by atoms with Gasteiger partial charge in [-0.3, -0.25) is 9.40 Å². The highest BCUT2D eigenvalue weighted by molar-refractivity contribution is 7.92. The molecule has 7 nitrogen and oxygen atoms in total. The van der Waals surface area contributed by atoms with Crippen molar-refractivity contribution < 1.29 is 8.42 Å². The zero-order valence-electron chi connectivity index (χ0n) is 11.8. The fourth-order valence-corrected chi connectivity index (χ4v) is 3.19. The van der Waals surface area contributed by atoms with Crippen LogP contribution in [0.15, 0.2) is 35.5 Å². The van der Waals surface area contributed by atoms with Gasteiger partial charge >= 0.3 is 0 Å². The van der Waals surface area contributed by atoms with E-state index in [2.05, 4.69) is 19.8 Å². The Kier molecular flexibility index (Phi) is 3.50. The van der Waals surface area contributed by atoms with E-state index < -0.39 is 10.0 Å². The number of sulfonamides is 1. The molecule has 22 heavy (non-hydrogen) atoms. The number of pyridine rings is 2. The Morgan fingerprint density at radius 2 is 2.00 bits per heavy atom. The molecule has 0 aromatic carbocycles. The molecule has 0 saturated carbocycles. The lowest BCUT2D eigenvalue weighted by molar-refractivity contribution is 0.601. The van der Waals surface area contributed by atoms with Gasteiger partial charge in [-0.15, -0.1) is 0 Å². The predicted octanol–water partition coefficient (Wildman–Crippen LogP) is 2.13. The molecule has 0 radical (unpaired) electrons. The predicted molar refractivity (Wildman–Crippen MR) is 83.3 cm³/mol. The zero-order valence-corrected chi connectivity index (χ0v) is 13.4. The molecule has 0 aliphatic carbocycles. The van der Waals surface area contributed by atoms with Crippen molar-refractivity contribution in [2.45, 2.75) is 11.8 Å². The van der Waals surface area contributed by atoms with E-state index in [1.165, 1.54) is 24.5 Å². The van der Waals surface area contributed by atoms with Crippen LogP contribution < -0.4 is 4.72 Å². The molecule has 0 aliphatic rings. The molecular weight excluding hydrogens is 326 g/mol. The lowest BCUT2D eigenvalue weighted by atomic mass is 10.3. The van der Waals surface area contributed by atoms with Crippen molar-refractivity contribution in [3.05, 3.63) is 41.4 Å². The van der Waals surface area contributed by atoms with Crippen molar-refractivity contribution in [1.29, 1.82) is 0 Å². The van der Waals surface area contributed by atoms with Crippen LogP contribution >= 0.6 is 11.6 Å². The van der Waals surface area contributed by atoms with E-state index in [4.69, 9.17) is 11.6 Å². The molecule has 1 N–H and O–H groups in total. The van der Waals surface area contributed by atoms with E-state index in [1.54, 1.807) is 17.8 Å². The summed E-state index contributed by atoms with van der Waals surface area (Å²) in [6.45, 7) is 1.84. The number of nitrogens with one attached hydrogen (secondary N) is 1. The molecule has 3 aromatic rings. The Morgan fingerprint density at radius 1 is 1.23 bits per heavy atom. The summed E-state index contributed by atoms with van der Waals surface area (Å²) in [6.07, 6.45) is 2.65. The van der Waals surface area contributed by atoms with Gasteiger partial charge in [0, 0.05) is 18.6 Å². The molecule has 0 aliphatic heterocycles. The second kappa shape index (κ2) is 5.22. The van der Waals surface area contributed by atoms with Crippen LogP contribution in [0.1, 0.15) is 5.69 Å². The fourth-order valence-electron chi connectivity index (χ4n) is 2.10. The van der Waals surface area contributed by atoms with E-state index >= 15 is 0 Å². The summed E-state index contributed by atoms with van der Waals surface area (Å²) >= 11 is 5.66. The lowest BCUT2D eigenvalue weighted by Gasteiger charge is -2.07. The van der Waals surface area contributed by atoms with Gasteiger partial charge in [-0.2, -0.15) is 5.10 Å². The van der Waals surface area contributed by atoms with Gasteiger partial charge in [-0.1, -0.05) is 11.6 Å². The molecule has 0 saturated heterocycles. The highest BCUT2D eigenvalue weighted by atomic mass is 35.5. The third-order valence-corrected chi connectivity index (χ3v) is 4.72. The summed E-state index contributed by atoms with van der Waals surface area (Å²) in [5.74, 6) is 0. The quantitative estimate of drug-likeness (QED) is 0.739. The monoisotopic (exact) mass is 337 g/mol. The van der Waals surface area contributed by atoms with Gasteiger partial charge in [-0.25, -0.2) is 18.4 Å². The number of aromatic nitrogens is 4. The van der Waals surface area contributed by atoms with Crippen LogP contribution in [0.4, 0.5) is 5.69 Å². The number of nitrogens with zero attached hydrogens (tertiary/aromatic N) is 4. The molecule has 3 aromatic heterocycles. The van der Waals surface area contributed by atoms with Crippen LogP contribution in [-0.4, -0.2) is 28.2 Å². The number of rotatable bonds is 3. The van der Waals surface area contributed by atoms with Crippen LogP contribution in [0, 0.1) is 6.92 Å². The first-order valence-corrected chi connectivity index (χ1v) is 8.17. The van der Waals surface area contributed by atoms with Gasteiger partial charge in [0.15, 0.2) is 5.65 Å². The minimum absolute atomic E-state index is 0.0277. The largest absolute Gasteiger partial charge is 0.278 e. The SMILES string of the molecule is Cc1nn(C)c2ncc(NS(=O)(=O)c3ccc(Cl)nc3)cc12. The lowest BCUT2D eigenvalue weighted by Crippen LogP contribution is -2.13. The third kappa shape index (κ3) is 2.62. The minimum Gasteiger partial charge on any atom is -0.278 e. The Hall–Kier alpha value is -2.19. The van der Waals surface area contributed by atoms with Crippen molar-refractivity contribution in [1.82, 2.24) is 19.7 Å². The van der Waals surface area contributed by atoms with Gasteiger partial charge in [0.1, 0.15) is 10.0 Å². The molecule has 9 heteroatoms. The maximum absolute atomic E-state index is 12.3. The van der Waals surface area contributed by atoms with E-state index in [1.807, 2.05) is 6.92 Å². The van der Waals surface area contributed by atoms with Crippen molar-refractivity contribution in [2.75, 3.05) is 4.72 Å². The molecule has 0 unspecified atom stereocenters. The molecule has 0 amide bonds. The van der Waals surface area contributed by atoms with Crippen LogP contribution in [0.3, 0.4) is 0 Å². The van der Waals surface area contributed by atoms with Crippen molar-refractivity contribution >= 4 is 38.3 Å². The zero-order chi connectivity index (χ0) is 15.9. The summed E-state index contributed by atoms with van der Waals surface area (Å²) in [5, 5.41) is 5.27. The summed E-state index contributed by atoms with van der Waals surface area (Å²) in [5.41, 5.74) is 1.83. The second-order valence-corrected chi connectivity index (χ2v) is 6.80. The third-order valence-electron chi connectivity index (χ3n) is 3.13. The van der Waals surface area contributed by atoms with Crippen molar-refractivity contribution in [3.63, 3.8) is 0 Å². The summed E-state index contributed by atoms with van der Waals surface area (Å²) in [4.78, 5) is 8.03. The van der Waals surface area contributed by atoms with E-state index in [-0.39, 0.29) is 10.0 Å². The standard InChI is InChI=1S/C13H12ClN5O2S/c1-8-11-5-9(6-16-13(11)19(2)17-8)18-22(20,21)10-3-4-12(14)15-7-10/h3-7,18H,1-2H3. The van der Waals surface area contributed by atoms with E-state index in [0.717, 1.165) is 11.1 Å². The molecule has 3 rings (SSSR count). The number of hydrogen-bond acceptors (Lipinski definition) is 5. The van der Waals surface area contributed by atoms with Gasteiger partial charge < -0.3 is 0 Å². The van der Waals surface area contributed by atoms with Gasteiger partial charge in [0.2, 0.25) is 0 Å². The number of aryl methyl sites for hydroxylation is 2. The van der Waals surface area contributed by atoms with Crippen LogP contribution in [-0.2, 0) is 17.1 Å². The van der Waals surface area contributed by atoms with Crippen molar-refractivity contribution in [2.24, 2.45) is 7.05 Å². The van der Waals surface area contributed by atoms with Crippen LogP contribution in [0.5, 0.6) is 0 Å². The average molecular weight is 338 g/mol. The van der Waals surface area contributed by atoms with Crippen LogP contribution in [0.25, 0.3) is 11.0 Å². The first-order chi connectivity index (χ1) is 10.4. The van der Waals surface area contributed by atoms with Gasteiger partial charge in [-0.05, 0) is 25.1 Å². The maximum Gasteiger partial charge on any atom is 0.263 e. The molecule has 3 heterocycles. The smallest absolute Gasteiger partial charge is 0.263 e. The summed E-state index contributed by atoms with van der Waals surface area (Å²) in [7, 11) is -1.96. The van der Waals surface area contributed by atoms with Crippen molar-refractivity contribution in [3.8, 4) is 0 Å². The minimum atomic E-state index is -3.74. The number of hydrogen-bond donors (Lipinski definition) is 1. The molecule has 0 bridgehead atoms. The molecule has 114 valence electrons. The van der Waals surface area contributed by atoms with E-state index in [0.29, 0.717) is 11.3 Å². The second-order valence-electron chi connectivity index (χ2n) is 4.73. The average Bonchev–Trinajstić information content (AvgIpc) is 2.74. The highest BCUT2D eigenvalue weighted by Crippen LogP contribution is 2.21. The summed E-state index contributed by atoms with van der Waals surface area (Å²) in [6, 6.07) is 4.51. The van der Waals surface area contributed by atoms with Gasteiger partial charge in [0.05, 0.1) is 17.6 Å². The maximum atomic E-state index is 12.3. The summed E-state index contributed by atoms with van der Waals surface area (Å²) < 4.78 is 28.7. The number of fused-ring (bicyclic) bond motifs is 1. The number of anilines is 1. The normalized spacial score (nSPS) is 11.8. The first-order valence-electron chi connectivity index (χ1n) is 6.30. The molecule has 0 atom stereocenters. The molecular formula is C13H12ClN5O2S. The highest BCUT2D eigenvalue weighted by Gasteiger charge is 2.16.